The van der Waals surface area contributed by atoms with Crippen LogP contribution in [0.1, 0.15) is 18.9 Å². The van der Waals surface area contributed by atoms with Gasteiger partial charge < -0.3 is 10.2 Å². The highest BCUT2D eigenvalue weighted by Gasteiger charge is 2.31. The van der Waals surface area contributed by atoms with Crippen LogP contribution in [0.4, 0.5) is 14.5 Å². The molecule has 11 heteroatoms. The van der Waals surface area contributed by atoms with Crippen molar-refractivity contribution >= 4 is 39.1 Å². The van der Waals surface area contributed by atoms with E-state index in [2.05, 4.69) is 5.32 Å². The molecule has 0 aliphatic rings. The molecule has 0 aliphatic carbocycles. The van der Waals surface area contributed by atoms with E-state index in [9.17, 15) is 26.8 Å². The molecule has 0 saturated carbocycles. The molecule has 2 aromatic rings. The topological polar surface area (TPSA) is 86.8 Å². The average molecular weight is 488 g/mol. The number of carbonyl (C=O) groups excluding carboxylic acids is 2. The lowest BCUT2D eigenvalue weighted by Crippen LogP contribution is -2.51. The molecule has 0 aliphatic heterocycles. The molecule has 1 N–H and O–H groups in total. The first-order chi connectivity index (χ1) is 15.0. The highest BCUT2D eigenvalue weighted by molar-refractivity contribution is 7.92. The molecule has 7 nitrogen and oxygen atoms in total. The quantitative estimate of drug-likeness (QED) is 0.589. The molecule has 1 atom stereocenters. The summed E-state index contributed by atoms with van der Waals surface area (Å²) in [5, 5.41) is 2.86. The first-order valence-corrected chi connectivity index (χ1v) is 11.9. The van der Waals surface area contributed by atoms with Crippen molar-refractivity contribution in [2.75, 3.05) is 24.2 Å². The first kappa shape index (κ1) is 25.5. The predicted molar refractivity (Wildman–Crippen MR) is 119 cm³/mol. The summed E-state index contributed by atoms with van der Waals surface area (Å²) >= 11 is 6.22. The zero-order valence-electron chi connectivity index (χ0n) is 17.8. The monoisotopic (exact) mass is 487 g/mol. The third-order valence-corrected chi connectivity index (χ3v) is 6.31. The summed E-state index contributed by atoms with van der Waals surface area (Å²) in [6.07, 6.45) is 1.09. The lowest BCUT2D eigenvalue weighted by atomic mass is 10.1. The Labute approximate surface area is 191 Å². The minimum atomic E-state index is -4.05. The minimum absolute atomic E-state index is 0.0557. The van der Waals surface area contributed by atoms with Crippen molar-refractivity contribution in [2.24, 2.45) is 0 Å². The number of nitrogens with zero attached hydrogens (tertiary/aromatic N) is 2. The number of hydrogen-bond acceptors (Lipinski definition) is 4. The number of likely N-dealkylation sites (N-methyl/N-ethyl adjacent to an activating group) is 1. The molecule has 0 heterocycles. The van der Waals surface area contributed by atoms with E-state index in [1.807, 2.05) is 0 Å². The van der Waals surface area contributed by atoms with Crippen molar-refractivity contribution in [3.8, 4) is 0 Å². The summed E-state index contributed by atoms with van der Waals surface area (Å²) in [6, 6.07) is 8.35. The van der Waals surface area contributed by atoms with Crippen molar-refractivity contribution in [3.63, 3.8) is 0 Å². The number of anilines is 1. The van der Waals surface area contributed by atoms with E-state index < -0.39 is 46.1 Å². The van der Waals surface area contributed by atoms with Gasteiger partial charge in [-0.05, 0) is 30.2 Å². The highest BCUT2D eigenvalue weighted by Crippen LogP contribution is 2.23. The van der Waals surface area contributed by atoms with Crippen molar-refractivity contribution in [2.45, 2.75) is 25.9 Å². The summed E-state index contributed by atoms with van der Waals surface area (Å²) in [5.41, 5.74) is 0.342. The smallest absolute Gasteiger partial charge is 0.244 e. The third-order valence-electron chi connectivity index (χ3n) is 4.80. The van der Waals surface area contributed by atoms with E-state index in [0.29, 0.717) is 21.0 Å². The summed E-state index contributed by atoms with van der Waals surface area (Å²) < 4.78 is 52.5. The van der Waals surface area contributed by atoms with Crippen LogP contribution in [0.2, 0.25) is 5.02 Å². The van der Waals surface area contributed by atoms with Gasteiger partial charge in [-0.3, -0.25) is 13.9 Å². The Kier molecular flexibility index (Phi) is 8.57. The van der Waals surface area contributed by atoms with Crippen molar-refractivity contribution < 1.29 is 26.8 Å². The Hall–Kier alpha value is -2.72. The van der Waals surface area contributed by atoms with Crippen LogP contribution < -0.4 is 9.62 Å². The van der Waals surface area contributed by atoms with Gasteiger partial charge in [0.15, 0.2) is 11.6 Å². The molecule has 0 radical (unpaired) electrons. The number of rotatable bonds is 9. The lowest BCUT2D eigenvalue weighted by molar-refractivity contribution is -0.140. The van der Waals surface area contributed by atoms with E-state index in [1.54, 1.807) is 31.2 Å². The largest absolute Gasteiger partial charge is 0.357 e. The lowest BCUT2D eigenvalue weighted by Gasteiger charge is -2.32. The number of amides is 2. The van der Waals surface area contributed by atoms with E-state index in [1.165, 1.54) is 11.9 Å². The van der Waals surface area contributed by atoms with Crippen LogP contribution in [0.5, 0.6) is 0 Å². The van der Waals surface area contributed by atoms with Gasteiger partial charge in [0.1, 0.15) is 12.6 Å². The summed E-state index contributed by atoms with van der Waals surface area (Å²) in [7, 11) is -2.62. The minimum Gasteiger partial charge on any atom is -0.357 e. The molecule has 0 unspecified atom stereocenters. The number of hydrogen-bond donors (Lipinski definition) is 1. The molecular weight excluding hydrogens is 464 g/mol. The van der Waals surface area contributed by atoms with Crippen LogP contribution in [0, 0.1) is 11.6 Å². The van der Waals surface area contributed by atoms with Gasteiger partial charge in [0.25, 0.3) is 0 Å². The third kappa shape index (κ3) is 6.17. The van der Waals surface area contributed by atoms with Crippen LogP contribution in [0.25, 0.3) is 0 Å². The molecule has 2 aromatic carbocycles. The van der Waals surface area contributed by atoms with Crippen molar-refractivity contribution in [1.82, 2.24) is 10.2 Å². The maximum Gasteiger partial charge on any atom is 0.244 e. The Morgan fingerprint density at radius 3 is 2.31 bits per heavy atom. The second-order valence-corrected chi connectivity index (χ2v) is 9.33. The van der Waals surface area contributed by atoms with Gasteiger partial charge in [0.05, 0.1) is 11.9 Å². The fourth-order valence-corrected chi connectivity index (χ4v) is 4.19. The first-order valence-electron chi connectivity index (χ1n) is 9.66. The van der Waals surface area contributed by atoms with Gasteiger partial charge in [-0.15, -0.1) is 0 Å². The molecule has 2 rings (SSSR count). The van der Waals surface area contributed by atoms with Gasteiger partial charge in [-0.25, -0.2) is 17.2 Å². The zero-order valence-corrected chi connectivity index (χ0v) is 19.4. The van der Waals surface area contributed by atoms with E-state index >= 15 is 0 Å². The van der Waals surface area contributed by atoms with Crippen LogP contribution in [0.15, 0.2) is 42.5 Å². The maximum absolute atomic E-state index is 13.7. The average Bonchev–Trinajstić information content (AvgIpc) is 2.74. The summed E-state index contributed by atoms with van der Waals surface area (Å²) in [6.45, 7) is 0.929. The number of halogens is 3. The van der Waals surface area contributed by atoms with Crippen molar-refractivity contribution in [3.05, 3.63) is 64.7 Å². The Bertz CT molecular complexity index is 1100. The normalized spacial score (nSPS) is 12.2. The Morgan fingerprint density at radius 2 is 1.78 bits per heavy atom. The molecular formula is C21H24ClF2N3O4S. The molecule has 0 saturated heterocycles. The fraction of sp³-hybridized carbons (Fsp3) is 0.333. The fourth-order valence-electron chi connectivity index (χ4n) is 3.15. The molecule has 174 valence electrons. The second-order valence-electron chi connectivity index (χ2n) is 7.02. The zero-order chi connectivity index (χ0) is 24.1. The van der Waals surface area contributed by atoms with Gasteiger partial charge in [0.2, 0.25) is 21.8 Å². The number of benzene rings is 2. The Balaban J connectivity index is 2.46. The Morgan fingerprint density at radius 1 is 1.12 bits per heavy atom. The molecule has 0 bridgehead atoms. The van der Waals surface area contributed by atoms with E-state index in [-0.39, 0.29) is 18.7 Å². The molecule has 0 aromatic heterocycles. The predicted octanol–water partition coefficient (Wildman–Crippen LogP) is 2.94. The van der Waals surface area contributed by atoms with Gasteiger partial charge in [-0.2, -0.15) is 0 Å². The number of carbonyl (C=O) groups is 2. The van der Waals surface area contributed by atoms with Crippen LogP contribution in [0.3, 0.4) is 0 Å². The van der Waals surface area contributed by atoms with Gasteiger partial charge in [-0.1, -0.05) is 36.7 Å². The van der Waals surface area contributed by atoms with Crippen LogP contribution >= 0.6 is 11.6 Å². The maximum atomic E-state index is 13.7. The van der Waals surface area contributed by atoms with Gasteiger partial charge in [0, 0.05) is 24.7 Å². The highest BCUT2D eigenvalue weighted by atomic mass is 35.5. The number of nitrogens with one attached hydrogen (secondary N) is 1. The van der Waals surface area contributed by atoms with Crippen LogP contribution in [-0.4, -0.2) is 51.0 Å². The standard InChI is InChI=1S/C21H24ClF2N3O4S/c1-4-19(21(29)25-2)26(12-14-7-5-6-8-16(14)22)20(28)13-27(32(3,30)31)15-9-10-17(23)18(24)11-15/h5-11,19H,4,12-13H2,1-3H3,(H,25,29)/t19-/m0/s1. The van der Waals surface area contributed by atoms with Crippen molar-refractivity contribution in [1.29, 1.82) is 0 Å². The molecule has 0 spiro atoms. The van der Waals surface area contributed by atoms with E-state index in [0.717, 1.165) is 18.4 Å². The summed E-state index contributed by atoms with van der Waals surface area (Å²) in [4.78, 5) is 26.9. The molecule has 2 amide bonds. The van der Waals surface area contributed by atoms with Gasteiger partial charge >= 0.3 is 0 Å². The molecule has 32 heavy (non-hydrogen) atoms. The summed E-state index contributed by atoms with van der Waals surface area (Å²) in [5.74, 6) is -3.56. The van der Waals surface area contributed by atoms with E-state index in [4.69, 9.17) is 11.6 Å². The SMILES string of the molecule is CC[C@@H](C(=O)NC)N(Cc1ccccc1Cl)C(=O)CN(c1ccc(F)c(F)c1)S(C)(=O)=O. The molecule has 0 fully saturated rings. The number of sulfonamides is 1. The second kappa shape index (κ2) is 10.7. The van der Waals surface area contributed by atoms with Crippen LogP contribution in [-0.2, 0) is 26.2 Å².